The lowest BCUT2D eigenvalue weighted by Crippen LogP contribution is -2.39. The van der Waals surface area contributed by atoms with Crippen molar-refractivity contribution in [3.8, 4) is 0 Å². The van der Waals surface area contributed by atoms with Gasteiger partial charge >= 0.3 is 12.0 Å². The first kappa shape index (κ1) is 15.3. The van der Waals surface area contributed by atoms with E-state index in [1.54, 1.807) is 41.5 Å². The first-order chi connectivity index (χ1) is 8.41. The SMILES string of the molecule is CC(C)(C)OC(=O)N1CC(O)=C(OC(C)(C)C)C1=O. The van der Waals surface area contributed by atoms with Crippen LogP contribution in [0.5, 0.6) is 0 Å². The Morgan fingerprint density at radius 3 is 2.11 bits per heavy atom. The van der Waals surface area contributed by atoms with E-state index in [2.05, 4.69) is 0 Å². The lowest BCUT2D eigenvalue weighted by atomic mass is 10.2. The van der Waals surface area contributed by atoms with Crippen molar-refractivity contribution in [3.05, 3.63) is 11.5 Å². The van der Waals surface area contributed by atoms with Crippen molar-refractivity contribution in [2.75, 3.05) is 6.54 Å². The van der Waals surface area contributed by atoms with Crippen LogP contribution >= 0.6 is 0 Å². The first-order valence-corrected chi connectivity index (χ1v) is 6.07. The van der Waals surface area contributed by atoms with Crippen LogP contribution in [0.4, 0.5) is 4.79 Å². The number of hydrogen-bond donors (Lipinski definition) is 1. The number of aliphatic hydroxyl groups excluding tert-OH is 1. The quantitative estimate of drug-likeness (QED) is 0.792. The van der Waals surface area contributed by atoms with Gasteiger partial charge in [0.15, 0.2) is 5.76 Å². The van der Waals surface area contributed by atoms with Gasteiger partial charge in [-0.2, -0.15) is 0 Å². The van der Waals surface area contributed by atoms with Crippen molar-refractivity contribution in [1.29, 1.82) is 0 Å². The third-order valence-electron chi connectivity index (χ3n) is 2.03. The van der Waals surface area contributed by atoms with Crippen LogP contribution in [0.15, 0.2) is 11.5 Å². The van der Waals surface area contributed by atoms with Gasteiger partial charge in [-0.25, -0.2) is 9.69 Å². The van der Waals surface area contributed by atoms with Crippen molar-refractivity contribution < 1.29 is 24.2 Å². The predicted octanol–water partition coefficient (Wildman–Crippen LogP) is 2.35. The van der Waals surface area contributed by atoms with Crippen molar-refractivity contribution in [1.82, 2.24) is 4.90 Å². The predicted molar refractivity (Wildman–Crippen MR) is 68.4 cm³/mol. The van der Waals surface area contributed by atoms with E-state index < -0.39 is 23.2 Å². The average molecular weight is 271 g/mol. The van der Waals surface area contributed by atoms with E-state index in [1.165, 1.54) is 0 Å². The molecule has 0 aliphatic carbocycles. The molecule has 1 aliphatic heterocycles. The highest BCUT2D eigenvalue weighted by Crippen LogP contribution is 2.25. The van der Waals surface area contributed by atoms with Crippen molar-refractivity contribution in [3.63, 3.8) is 0 Å². The molecule has 1 heterocycles. The van der Waals surface area contributed by atoms with Crippen molar-refractivity contribution >= 4 is 12.0 Å². The highest BCUT2D eigenvalue weighted by molar-refractivity contribution is 6.04. The lowest BCUT2D eigenvalue weighted by molar-refractivity contribution is -0.130. The molecule has 0 aromatic heterocycles. The highest BCUT2D eigenvalue weighted by atomic mass is 16.6. The Balaban J connectivity index is 2.81. The molecule has 1 N–H and O–H groups in total. The van der Waals surface area contributed by atoms with Gasteiger partial charge in [0, 0.05) is 0 Å². The molecular formula is C13H21NO5. The molecule has 0 radical (unpaired) electrons. The van der Waals surface area contributed by atoms with Crippen LogP contribution in [-0.2, 0) is 14.3 Å². The molecule has 0 atom stereocenters. The highest BCUT2D eigenvalue weighted by Gasteiger charge is 2.40. The van der Waals surface area contributed by atoms with E-state index in [4.69, 9.17) is 9.47 Å². The lowest BCUT2D eigenvalue weighted by Gasteiger charge is -2.24. The van der Waals surface area contributed by atoms with Crippen LogP contribution in [0.25, 0.3) is 0 Å². The third-order valence-corrected chi connectivity index (χ3v) is 2.03. The Morgan fingerprint density at radius 1 is 1.16 bits per heavy atom. The van der Waals surface area contributed by atoms with Gasteiger partial charge in [0.2, 0.25) is 5.76 Å². The fourth-order valence-corrected chi connectivity index (χ4v) is 1.41. The molecule has 0 saturated carbocycles. The number of ether oxygens (including phenoxy) is 2. The van der Waals surface area contributed by atoms with E-state index in [1.807, 2.05) is 0 Å². The smallest absolute Gasteiger partial charge is 0.417 e. The van der Waals surface area contributed by atoms with Crippen LogP contribution < -0.4 is 0 Å². The van der Waals surface area contributed by atoms with E-state index in [-0.39, 0.29) is 18.1 Å². The Bertz CT molecular complexity index is 425. The zero-order chi connectivity index (χ0) is 15.0. The summed E-state index contributed by atoms with van der Waals surface area (Å²) in [5.74, 6) is -1.13. The van der Waals surface area contributed by atoms with Gasteiger partial charge in [-0.1, -0.05) is 0 Å². The third kappa shape index (κ3) is 4.15. The number of amides is 2. The molecule has 0 bridgehead atoms. The standard InChI is InChI=1S/C13H21NO5/c1-12(2,3)18-9-8(15)7-14(10(9)16)11(17)19-13(4,5)6/h15H,7H2,1-6H3. The number of nitrogens with zero attached hydrogens (tertiary/aromatic N) is 1. The summed E-state index contributed by atoms with van der Waals surface area (Å²) in [6.07, 6.45) is -0.795. The fourth-order valence-electron chi connectivity index (χ4n) is 1.41. The summed E-state index contributed by atoms with van der Waals surface area (Å²) >= 11 is 0. The number of carbonyl (C=O) groups excluding carboxylic acids is 2. The number of hydrogen-bond acceptors (Lipinski definition) is 5. The van der Waals surface area contributed by atoms with Crippen LogP contribution in [0.2, 0.25) is 0 Å². The topological polar surface area (TPSA) is 76.1 Å². The van der Waals surface area contributed by atoms with Crippen LogP contribution in [0.3, 0.4) is 0 Å². The van der Waals surface area contributed by atoms with Gasteiger partial charge in [0.25, 0.3) is 0 Å². The van der Waals surface area contributed by atoms with Gasteiger partial charge < -0.3 is 14.6 Å². The van der Waals surface area contributed by atoms with Crippen LogP contribution in [0.1, 0.15) is 41.5 Å². The number of imide groups is 1. The molecule has 6 heteroatoms. The molecule has 0 saturated heterocycles. The zero-order valence-electron chi connectivity index (χ0n) is 12.2. The van der Waals surface area contributed by atoms with E-state index in [9.17, 15) is 14.7 Å². The maximum absolute atomic E-state index is 12.0. The minimum Gasteiger partial charge on any atom is -0.507 e. The second-order valence-corrected chi connectivity index (χ2v) is 6.36. The fraction of sp³-hybridized carbons (Fsp3) is 0.692. The molecule has 19 heavy (non-hydrogen) atoms. The molecule has 0 aromatic rings. The van der Waals surface area contributed by atoms with Gasteiger partial charge in [-0.15, -0.1) is 0 Å². The summed E-state index contributed by atoms with van der Waals surface area (Å²) in [7, 11) is 0. The monoisotopic (exact) mass is 271 g/mol. The zero-order valence-corrected chi connectivity index (χ0v) is 12.2. The Labute approximate surface area is 113 Å². The molecule has 0 aromatic carbocycles. The molecular weight excluding hydrogens is 250 g/mol. The molecule has 0 fully saturated rings. The molecule has 2 amide bonds. The number of aliphatic hydroxyl groups is 1. The van der Waals surface area contributed by atoms with E-state index in [0.717, 1.165) is 4.90 Å². The number of rotatable bonds is 1. The number of carbonyl (C=O) groups is 2. The second kappa shape index (κ2) is 4.75. The van der Waals surface area contributed by atoms with Crippen molar-refractivity contribution in [2.24, 2.45) is 0 Å². The molecule has 6 nitrogen and oxygen atoms in total. The van der Waals surface area contributed by atoms with Crippen LogP contribution in [-0.4, -0.2) is 39.8 Å². The molecule has 1 aliphatic rings. The summed E-state index contributed by atoms with van der Waals surface area (Å²) in [6, 6.07) is 0. The Hall–Kier alpha value is -1.72. The van der Waals surface area contributed by atoms with Gasteiger partial charge in [0.05, 0.1) is 6.54 Å². The van der Waals surface area contributed by atoms with E-state index in [0.29, 0.717) is 0 Å². The van der Waals surface area contributed by atoms with Gasteiger partial charge in [0.1, 0.15) is 11.2 Å². The normalized spacial score (nSPS) is 16.9. The summed E-state index contributed by atoms with van der Waals surface area (Å²) < 4.78 is 10.5. The summed E-state index contributed by atoms with van der Waals surface area (Å²) in [5, 5.41) is 9.72. The molecule has 108 valence electrons. The maximum Gasteiger partial charge on any atom is 0.417 e. The molecule has 1 rings (SSSR count). The minimum atomic E-state index is -0.795. The summed E-state index contributed by atoms with van der Waals surface area (Å²) in [4.78, 5) is 24.6. The first-order valence-electron chi connectivity index (χ1n) is 6.07. The maximum atomic E-state index is 12.0. The van der Waals surface area contributed by atoms with Crippen LogP contribution in [0, 0.1) is 0 Å². The van der Waals surface area contributed by atoms with Gasteiger partial charge in [-0.05, 0) is 41.5 Å². The largest absolute Gasteiger partial charge is 0.507 e. The summed E-state index contributed by atoms with van der Waals surface area (Å²) in [6.45, 7) is 10.1. The average Bonchev–Trinajstić information content (AvgIpc) is 2.41. The van der Waals surface area contributed by atoms with Gasteiger partial charge in [-0.3, -0.25) is 4.79 Å². The van der Waals surface area contributed by atoms with E-state index >= 15 is 0 Å². The molecule has 0 unspecified atom stereocenters. The Morgan fingerprint density at radius 2 is 1.68 bits per heavy atom. The second-order valence-electron chi connectivity index (χ2n) is 6.36. The van der Waals surface area contributed by atoms with Crippen molar-refractivity contribution in [2.45, 2.75) is 52.7 Å². The molecule has 0 spiro atoms. The summed E-state index contributed by atoms with van der Waals surface area (Å²) in [5.41, 5.74) is -1.34. The Kier molecular flexibility index (Phi) is 3.84. The minimum absolute atomic E-state index is 0.196.